The maximum absolute atomic E-state index is 13.9. The van der Waals surface area contributed by atoms with Crippen LogP contribution in [-0.4, -0.2) is 44.8 Å². The zero-order chi connectivity index (χ0) is 27.2. The van der Waals surface area contributed by atoms with Crippen LogP contribution in [0.5, 0.6) is 0 Å². The summed E-state index contributed by atoms with van der Waals surface area (Å²) < 4.78 is 42.2. The highest BCUT2D eigenvalue weighted by Gasteiger charge is 2.34. The second-order valence-electron chi connectivity index (χ2n) is 8.73. The number of amides is 2. The number of hydrogen-bond acceptors (Lipinski definition) is 4. The molecule has 0 heterocycles. The molecule has 0 bridgehead atoms. The van der Waals surface area contributed by atoms with Crippen LogP contribution in [0.4, 0.5) is 10.1 Å². The zero-order valence-corrected chi connectivity index (χ0v) is 22.3. The summed E-state index contributed by atoms with van der Waals surface area (Å²) in [4.78, 5) is 28.0. The van der Waals surface area contributed by atoms with Gasteiger partial charge in [0.1, 0.15) is 18.4 Å². The van der Waals surface area contributed by atoms with Crippen LogP contribution in [0.2, 0.25) is 0 Å². The molecule has 1 N–H and O–H groups in total. The van der Waals surface area contributed by atoms with Crippen LogP contribution in [0.3, 0.4) is 0 Å². The van der Waals surface area contributed by atoms with Crippen molar-refractivity contribution < 1.29 is 22.4 Å². The molecule has 3 aromatic carbocycles. The van der Waals surface area contributed by atoms with Crippen molar-refractivity contribution in [2.75, 3.05) is 17.9 Å². The highest BCUT2D eigenvalue weighted by Crippen LogP contribution is 2.29. The Kier molecular flexibility index (Phi) is 9.04. The molecule has 0 fully saturated rings. The predicted molar refractivity (Wildman–Crippen MR) is 142 cm³/mol. The number of nitrogens with zero attached hydrogens (tertiary/aromatic N) is 2. The van der Waals surface area contributed by atoms with E-state index in [0.29, 0.717) is 17.7 Å². The Morgan fingerprint density at radius 2 is 1.59 bits per heavy atom. The number of sulfonamides is 1. The first-order chi connectivity index (χ1) is 17.6. The molecule has 0 aromatic heterocycles. The summed E-state index contributed by atoms with van der Waals surface area (Å²) in [5.74, 6) is -1.35. The average molecular weight is 526 g/mol. The zero-order valence-electron chi connectivity index (χ0n) is 21.4. The monoisotopic (exact) mass is 525 g/mol. The standard InChI is InChI=1S/C28H32FN3O4S/c1-5-25(28(34)30-4)31(18-22-14-16-23(29)17-15-22)27(33)19-32(26-13-9-10-20(2)21(26)3)37(35,36)24-11-7-6-8-12-24/h6-17,25H,5,18-19H2,1-4H3,(H,30,34)/t25-/m0/s1. The summed E-state index contributed by atoms with van der Waals surface area (Å²) in [5.41, 5.74) is 2.59. The second-order valence-corrected chi connectivity index (χ2v) is 10.6. The van der Waals surface area contributed by atoms with Crippen LogP contribution in [0, 0.1) is 19.7 Å². The van der Waals surface area contributed by atoms with Gasteiger partial charge in [-0.1, -0.05) is 49.4 Å². The van der Waals surface area contributed by atoms with E-state index in [4.69, 9.17) is 0 Å². The van der Waals surface area contributed by atoms with E-state index in [1.165, 1.54) is 48.3 Å². The van der Waals surface area contributed by atoms with E-state index in [9.17, 15) is 22.4 Å². The normalized spacial score (nSPS) is 12.0. The largest absolute Gasteiger partial charge is 0.357 e. The van der Waals surface area contributed by atoms with Gasteiger partial charge >= 0.3 is 0 Å². The van der Waals surface area contributed by atoms with E-state index in [0.717, 1.165) is 15.4 Å². The van der Waals surface area contributed by atoms with Crippen LogP contribution >= 0.6 is 0 Å². The summed E-state index contributed by atoms with van der Waals surface area (Å²) >= 11 is 0. The molecule has 0 saturated carbocycles. The quantitative estimate of drug-likeness (QED) is 0.430. The van der Waals surface area contributed by atoms with E-state index in [1.54, 1.807) is 44.2 Å². The van der Waals surface area contributed by atoms with Crippen LogP contribution < -0.4 is 9.62 Å². The molecule has 3 aromatic rings. The van der Waals surface area contributed by atoms with E-state index < -0.39 is 34.3 Å². The number of hydrogen-bond donors (Lipinski definition) is 1. The van der Waals surface area contributed by atoms with Gasteiger partial charge in [0.15, 0.2) is 0 Å². The van der Waals surface area contributed by atoms with Crippen molar-refractivity contribution in [3.05, 3.63) is 95.3 Å². The van der Waals surface area contributed by atoms with Gasteiger partial charge in [0.2, 0.25) is 11.8 Å². The molecular formula is C28H32FN3O4S. The van der Waals surface area contributed by atoms with Gasteiger partial charge in [-0.25, -0.2) is 12.8 Å². The average Bonchev–Trinajstić information content (AvgIpc) is 2.90. The molecule has 0 aliphatic rings. The molecule has 9 heteroatoms. The van der Waals surface area contributed by atoms with Gasteiger partial charge in [0.25, 0.3) is 10.0 Å². The van der Waals surface area contributed by atoms with Crippen LogP contribution in [-0.2, 0) is 26.2 Å². The molecule has 0 aliphatic carbocycles. The molecule has 7 nitrogen and oxygen atoms in total. The molecule has 196 valence electrons. The fourth-order valence-electron chi connectivity index (χ4n) is 4.11. The van der Waals surface area contributed by atoms with Crippen molar-refractivity contribution in [2.24, 2.45) is 0 Å². The molecule has 2 amide bonds. The Bertz CT molecular complexity index is 1350. The second kappa shape index (κ2) is 12.0. The topological polar surface area (TPSA) is 86.8 Å². The lowest BCUT2D eigenvalue weighted by Gasteiger charge is -2.33. The van der Waals surface area contributed by atoms with Crippen molar-refractivity contribution >= 4 is 27.5 Å². The molecule has 0 spiro atoms. The summed E-state index contributed by atoms with van der Waals surface area (Å²) in [6.45, 7) is 4.94. The van der Waals surface area contributed by atoms with Crippen molar-refractivity contribution in [1.29, 1.82) is 0 Å². The maximum Gasteiger partial charge on any atom is 0.264 e. The summed E-state index contributed by atoms with van der Waals surface area (Å²) in [6.07, 6.45) is 0.307. The molecule has 3 rings (SSSR count). The van der Waals surface area contributed by atoms with Crippen molar-refractivity contribution in [1.82, 2.24) is 10.2 Å². The lowest BCUT2D eigenvalue weighted by molar-refractivity contribution is -0.140. The van der Waals surface area contributed by atoms with E-state index in [1.807, 2.05) is 13.0 Å². The molecule has 0 unspecified atom stereocenters. The van der Waals surface area contributed by atoms with Gasteiger partial charge in [-0.2, -0.15) is 0 Å². The summed E-state index contributed by atoms with van der Waals surface area (Å²) in [7, 11) is -2.64. The fraction of sp³-hybridized carbons (Fsp3) is 0.286. The number of nitrogens with one attached hydrogen (secondary N) is 1. The minimum Gasteiger partial charge on any atom is -0.357 e. The number of carbonyl (C=O) groups excluding carboxylic acids is 2. The number of rotatable bonds is 10. The third-order valence-corrected chi connectivity index (χ3v) is 8.13. The first kappa shape index (κ1) is 27.9. The van der Waals surface area contributed by atoms with Gasteiger partial charge < -0.3 is 10.2 Å². The van der Waals surface area contributed by atoms with Crippen molar-refractivity contribution in [3.8, 4) is 0 Å². The van der Waals surface area contributed by atoms with Crippen LogP contribution in [0.1, 0.15) is 30.0 Å². The number of benzene rings is 3. The Labute approximate surface area is 218 Å². The minimum atomic E-state index is -4.12. The molecule has 1 atom stereocenters. The number of carbonyl (C=O) groups is 2. The SMILES string of the molecule is CC[C@@H](C(=O)NC)N(Cc1ccc(F)cc1)C(=O)CN(c1cccc(C)c1C)S(=O)(=O)c1ccccc1. The Hall–Kier alpha value is -3.72. The first-order valence-electron chi connectivity index (χ1n) is 12.0. The first-order valence-corrected chi connectivity index (χ1v) is 13.4. The third-order valence-electron chi connectivity index (χ3n) is 6.35. The van der Waals surface area contributed by atoms with Crippen molar-refractivity contribution in [2.45, 2.75) is 44.7 Å². The Morgan fingerprint density at radius 3 is 2.19 bits per heavy atom. The molecule has 0 aliphatic heterocycles. The van der Waals surface area contributed by atoms with Crippen LogP contribution in [0.25, 0.3) is 0 Å². The number of aryl methyl sites for hydroxylation is 1. The highest BCUT2D eigenvalue weighted by atomic mass is 32.2. The van der Waals surface area contributed by atoms with Gasteiger partial charge in [-0.15, -0.1) is 0 Å². The van der Waals surface area contributed by atoms with Gasteiger partial charge in [-0.3, -0.25) is 13.9 Å². The number of halogens is 1. The van der Waals surface area contributed by atoms with E-state index >= 15 is 0 Å². The lowest BCUT2D eigenvalue weighted by Crippen LogP contribution is -2.51. The maximum atomic E-state index is 13.9. The Balaban J connectivity index is 2.09. The predicted octanol–water partition coefficient (Wildman–Crippen LogP) is 4.19. The smallest absolute Gasteiger partial charge is 0.264 e. The van der Waals surface area contributed by atoms with E-state index in [2.05, 4.69) is 5.32 Å². The third kappa shape index (κ3) is 6.35. The number of anilines is 1. The molecule has 0 saturated heterocycles. The van der Waals surface area contributed by atoms with Crippen LogP contribution in [0.15, 0.2) is 77.7 Å². The molecule has 0 radical (unpaired) electrons. The van der Waals surface area contributed by atoms with Gasteiger partial charge in [-0.05, 0) is 67.3 Å². The number of likely N-dealkylation sites (N-methyl/N-ethyl adjacent to an activating group) is 1. The fourth-order valence-corrected chi connectivity index (χ4v) is 5.60. The van der Waals surface area contributed by atoms with E-state index in [-0.39, 0.29) is 17.3 Å². The van der Waals surface area contributed by atoms with Crippen molar-refractivity contribution in [3.63, 3.8) is 0 Å². The van der Waals surface area contributed by atoms with Gasteiger partial charge in [0, 0.05) is 13.6 Å². The summed E-state index contributed by atoms with van der Waals surface area (Å²) in [5, 5.41) is 2.58. The highest BCUT2D eigenvalue weighted by molar-refractivity contribution is 7.92. The molecule has 37 heavy (non-hydrogen) atoms. The van der Waals surface area contributed by atoms with Gasteiger partial charge in [0.05, 0.1) is 10.6 Å². The minimum absolute atomic E-state index is 0.0110. The lowest BCUT2D eigenvalue weighted by atomic mass is 10.1. The molecular weight excluding hydrogens is 493 g/mol. The summed E-state index contributed by atoms with van der Waals surface area (Å²) in [6, 6.07) is 18.0. The Morgan fingerprint density at radius 1 is 0.946 bits per heavy atom.